The molecule has 1 aromatic rings. The van der Waals surface area contributed by atoms with Crippen molar-refractivity contribution in [3.8, 4) is 5.75 Å². The topological polar surface area (TPSA) is 61.5 Å². The first-order valence-electron chi connectivity index (χ1n) is 5.44. The van der Waals surface area contributed by atoms with Gasteiger partial charge in [0.2, 0.25) is 0 Å². The van der Waals surface area contributed by atoms with Gasteiger partial charge in [0.25, 0.3) is 0 Å². The molecule has 0 aliphatic heterocycles. The molecule has 1 unspecified atom stereocenters. The Balaban J connectivity index is 2.93. The van der Waals surface area contributed by atoms with E-state index in [0.29, 0.717) is 5.75 Å². The van der Waals surface area contributed by atoms with Gasteiger partial charge in [0.05, 0.1) is 18.7 Å². The lowest BCUT2D eigenvalue weighted by Crippen LogP contribution is -2.34. The van der Waals surface area contributed by atoms with Crippen LogP contribution in [0.15, 0.2) is 12.1 Å². The zero-order chi connectivity index (χ0) is 13.7. The Morgan fingerprint density at radius 3 is 2.78 bits per heavy atom. The maximum Gasteiger partial charge on any atom is 0.323 e. The first kappa shape index (κ1) is 14.7. The number of methoxy groups -OCH3 is 1. The highest BCUT2D eigenvalue weighted by atomic mass is 35.5. The summed E-state index contributed by atoms with van der Waals surface area (Å²) in [6.07, 6.45) is -0.0410. The largest absolute Gasteiger partial charge is 0.495 e. The molecule has 0 radical (unpaired) electrons. The van der Waals surface area contributed by atoms with Crippen LogP contribution in [0.2, 0.25) is 5.02 Å². The van der Waals surface area contributed by atoms with E-state index in [9.17, 15) is 9.18 Å². The Hall–Kier alpha value is -1.33. The molecule has 0 aliphatic rings. The molecule has 0 fully saturated rings. The summed E-state index contributed by atoms with van der Waals surface area (Å²) in [7, 11) is 1.42. The van der Waals surface area contributed by atoms with Crippen LogP contribution in [0.3, 0.4) is 0 Å². The third kappa shape index (κ3) is 3.34. The lowest BCUT2D eigenvalue weighted by atomic mass is 10.1. The van der Waals surface area contributed by atoms with Gasteiger partial charge in [0.1, 0.15) is 17.6 Å². The van der Waals surface area contributed by atoms with E-state index in [-0.39, 0.29) is 23.6 Å². The second kappa shape index (κ2) is 6.56. The summed E-state index contributed by atoms with van der Waals surface area (Å²) in [6.45, 7) is 1.89. The van der Waals surface area contributed by atoms with Gasteiger partial charge in [-0.05, 0) is 19.1 Å². The van der Waals surface area contributed by atoms with Crippen molar-refractivity contribution in [1.82, 2.24) is 0 Å². The van der Waals surface area contributed by atoms with Gasteiger partial charge < -0.3 is 15.2 Å². The monoisotopic (exact) mass is 275 g/mol. The zero-order valence-electron chi connectivity index (χ0n) is 10.2. The molecular weight excluding hydrogens is 261 g/mol. The fourth-order valence-corrected chi connectivity index (χ4v) is 1.78. The molecule has 0 saturated heterocycles. The van der Waals surface area contributed by atoms with E-state index < -0.39 is 17.8 Å². The molecule has 0 aliphatic carbocycles. The summed E-state index contributed by atoms with van der Waals surface area (Å²) in [4.78, 5) is 11.4. The molecule has 4 nitrogen and oxygen atoms in total. The number of esters is 1. The van der Waals surface area contributed by atoms with Gasteiger partial charge in [0, 0.05) is 12.0 Å². The molecule has 0 aromatic heterocycles. The van der Waals surface area contributed by atoms with Crippen molar-refractivity contribution >= 4 is 17.6 Å². The maximum atomic E-state index is 13.6. The number of carbonyl (C=O) groups excluding carboxylic acids is 1. The van der Waals surface area contributed by atoms with Crippen molar-refractivity contribution in [2.45, 2.75) is 19.4 Å². The summed E-state index contributed by atoms with van der Waals surface area (Å²) < 4.78 is 23.4. The van der Waals surface area contributed by atoms with Crippen molar-refractivity contribution < 1.29 is 18.7 Å². The van der Waals surface area contributed by atoms with Gasteiger partial charge >= 0.3 is 5.97 Å². The summed E-state index contributed by atoms with van der Waals surface area (Å²) in [6, 6.07) is 1.68. The van der Waals surface area contributed by atoms with E-state index in [1.54, 1.807) is 6.92 Å². The van der Waals surface area contributed by atoms with Crippen LogP contribution in [0.5, 0.6) is 5.75 Å². The molecule has 100 valence electrons. The standard InChI is InChI=1S/C12H15ClFNO3/c1-3-18-12(16)9(15)6-7-8(14)4-5-10(17-2)11(7)13/h4-5,9H,3,6,15H2,1-2H3. The SMILES string of the molecule is CCOC(=O)C(N)Cc1c(F)ccc(OC)c1Cl. The number of halogens is 2. The Labute approximate surface area is 110 Å². The lowest BCUT2D eigenvalue weighted by Gasteiger charge is -2.14. The number of benzene rings is 1. The molecule has 0 heterocycles. The Kier molecular flexibility index (Phi) is 5.37. The fourth-order valence-electron chi connectivity index (χ4n) is 1.47. The van der Waals surface area contributed by atoms with Gasteiger partial charge in [-0.15, -0.1) is 0 Å². The molecular formula is C12H15ClFNO3. The molecule has 1 aromatic carbocycles. The minimum Gasteiger partial charge on any atom is -0.495 e. The number of hydrogen-bond acceptors (Lipinski definition) is 4. The van der Waals surface area contributed by atoms with Crippen molar-refractivity contribution in [3.63, 3.8) is 0 Å². The zero-order valence-corrected chi connectivity index (χ0v) is 11.0. The summed E-state index contributed by atoms with van der Waals surface area (Å²) in [5.74, 6) is -0.777. The van der Waals surface area contributed by atoms with Gasteiger partial charge in [-0.1, -0.05) is 11.6 Å². The van der Waals surface area contributed by atoms with Gasteiger partial charge in [-0.3, -0.25) is 4.79 Å². The Bertz CT molecular complexity index is 440. The van der Waals surface area contributed by atoms with Crippen LogP contribution < -0.4 is 10.5 Å². The van der Waals surface area contributed by atoms with Crippen molar-refractivity contribution in [2.24, 2.45) is 5.73 Å². The molecule has 0 saturated carbocycles. The first-order chi connectivity index (χ1) is 8.51. The van der Waals surface area contributed by atoms with Crippen LogP contribution in [-0.4, -0.2) is 25.7 Å². The van der Waals surface area contributed by atoms with Crippen LogP contribution in [0.25, 0.3) is 0 Å². The highest BCUT2D eigenvalue weighted by molar-refractivity contribution is 6.32. The Morgan fingerprint density at radius 2 is 2.22 bits per heavy atom. The number of ether oxygens (including phenoxy) is 2. The average molecular weight is 276 g/mol. The molecule has 0 bridgehead atoms. The van der Waals surface area contributed by atoms with E-state index in [1.165, 1.54) is 19.2 Å². The molecule has 0 spiro atoms. The highest BCUT2D eigenvalue weighted by Crippen LogP contribution is 2.30. The molecule has 0 amide bonds. The van der Waals surface area contributed by atoms with Crippen LogP contribution >= 0.6 is 11.6 Å². The second-order valence-electron chi connectivity index (χ2n) is 3.60. The maximum absolute atomic E-state index is 13.6. The molecule has 1 rings (SSSR count). The van der Waals surface area contributed by atoms with Gasteiger partial charge in [-0.25, -0.2) is 4.39 Å². The van der Waals surface area contributed by atoms with Gasteiger partial charge in [-0.2, -0.15) is 0 Å². The van der Waals surface area contributed by atoms with E-state index in [2.05, 4.69) is 0 Å². The summed E-state index contributed by atoms with van der Waals surface area (Å²) in [5.41, 5.74) is 5.77. The van der Waals surface area contributed by atoms with Crippen LogP contribution in [-0.2, 0) is 16.0 Å². The molecule has 1 atom stereocenters. The molecule has 6 heteroatoms. The third-order valence-electron chi connectivity index (χ3n) is 2.38. The van der Waals surface area contributed by atoms with Crippen molar-refractivity contribution in [2.75, 3.05) is 13.7 Å². The smallest absolute Gasteiger partial charge is 0.323 e. The van der Waals surface area contributed by atoms with E-state index in [1.807, 2.05) is 0 Å². The normalized spacial score (nSPS) is 12.1. The van der Waals surface area contributed by atoms with Crippen LogP contribution in [0, 0.1) is 5.82 Å². The Morgan fingerprint density at radius 1 is 1.56 bits per heavy atom. The molecule has 18 heavy (non-hydrogen) atoms. The van der Waals surface area contributed by atoms with Gasteiger partial charge in [0.15, 0.2) is 0 Å². The number of carbonyl (C=O) groups is 1. The minimum atomic E-state index is -0.955. The number of nitrogens with two attached hydrogens (primary N) is 1. The minimum absolute atomic E-state index is 0.0410. The predicted octanol–water partition coefficient (Wildman–Crippen LogP) is 1.92. The summed E-state index contributed by atoms with van der Waals surface area (Å²) >= 11 is 5.97. The van der Waals surface area contributed by atoms with E-state index in [0.717, 1.165) is 0 Å². The van der Waals surface area contributed by atoms with E-state index in [4.69, 9.17) is 26.8 Å². The third-order valence-corrected chi connectivity index (χ3v) is 2.80. The highest BCUT2D eigenvalue weighted by Gasteiger charge is 2.20. The number of hydrogen-bond donors (Lipinski definition) is 1. The van der Waals surface area contributed by atoms with E-state index >= 15 is 0 Å². The van der Waals surface area contributed by atoms with Crippen LogP contribution in [0.1, 0.15) is 12.5 Å². The average Bonchev–Trinajstić information content (AvgIpc) is 2.34. The fraction of sp³-hybridized carbons (Fsp3) is 0.417. The second-order valence-corrected chi connectivity index (χ2v) is 3.98. The molecule has 2 N–H and O–H groups in total. The quantitative estimate of drug-likeness (QED) is 0.834. The predicted molar refractivity (Wildman–Crippen MR) is 66.3 cm³/mol. The summed E-state index contributed by atoms with van der Waals surface area (Å²) in [5, 5.41) is 0.122. The van der Waals surface area contributed by atoms with Crippen molar-refractivity contribution in [1.29, 1.82) is 0 Å². The first-order valence-corrected chi connectivity index (χ1v) is 5.82. The van der Waals surface area contributed by atoms with Crippen LogP contribution in [0.4, 0.5) is 4.39 Å². The lowest BCUT2D eigenvalue weighted by molar-refractivity contribution is -0.144. The van der Waals surface area contributed by atoms with Crippen molar-refractivity contribution in [3.05, 3.63) is 28.5 Å². The number of rotatable bonds is 5.